The Labute approximate surface area is 189 Å². The average molecular weight is 440 g/mol. The molecule has 3 heterocycles. The molecule has 2 amide bonds. The number of benzene rings is 2. The molecule has 3 aliphatic heterocycles. The van der Waals surface area contributed by atoms with Gasteiger partial charge in [-0.05, 0) is 75.9 Å². The van der Waals surface area contributed by atoms with Gasteiger partial charge in [0.15, 0.2) is 5.75 Å². The molecule has 0 saturated carbocycles. The number of likely N-dealkylation sites (tertiary alicyclic amines) is 2. The van der Waals surface area contributed by atoms with Gasteiger partial charge in [-0.1, -0.05) is 29.8 Å². The van der Waals surface area contributed by atoms with Crippen LogP contribution < -0.4 is 9.64 Å². The number of hydrogen-bond donors (Lipinski definition) is 0. The van der Waals surface area contributed by atoms with Crippen LogP contribution in [0.15, 0.2) is 42.5 Å². The summed E-state index contributed by atoms with van der Waals surface area (Å²) >= 11 is 6.34. The number of rotatable bonds is 3. The zero-order valence-electron chi connectivity index (χ0n) is 17.9. The van der Waals surface area contributed by atoms with Gasteiger partial charge in [0.25, 0.3) is 0 Å². The molecule has 1 unspecified atom stereocenters. The van der Waals surface area contributed by atoms with Crippen LogP contribution in [0.1, 0.15) is 44.1 Å². The van der Waals surface area contributed by atoms with Crippen molar-refractivity contribution in [2.75, 3.05) is 31.1 Å². The van der Waals surface area contributed by atoms with Crippen LogP contribution in [-0.2, 0) is 6.54 Å². The topological polar surface area (TPSA) is 36.0 Å². The average Bonchev–Trinajstić information content (AvgIpc) is 3.26. The molecule has 164 valence electrons. The molecule has 6 heteroatoms. The molecule has 0 radical (unpaired) electrons. The summed E-state index contributed by atoms with van der Waals surface area (Å²) in [4.78, 5) is 20.5. The fourth-order valence-corrected chi connectivity index (χ4v) is 5.28. The molecule has 0 aromatic heterocycles. The number of carbonyl (C=O) groups excluding carboxylic acids is 1. The van der Waals surface area contributed by atoms with Gasteiger partial charge < -0.3 is 14.5 Å². The summed E-state index contributed by atoms with van der Waals surface area (Å²) in [5, 5.41) is 0.607. The van der Waals surface area contributed by atoms with E-state index >= 15 is 0 Å². The number of piperidine rings is 1. The van der Waals surface area contributed by atoms with Gasteiger partial charge in [0, 0.05) is 29.7 Å². The first kappa shape index (κ1) is 20.7. The number of para-hydroxylation sites is 1. The van der Waals surface area contributed by atoms with E-state index in [1.807, 2.05) is 47.4 Å². The predicted molar refractivity (Wildman–Crippen MR) is 124 cm³/mol. The predicted octanol–water partition coefficient (Wildman–Crippen LogP) is 5.91. The van der Waals surface area contributed by atoms with E-state index in [4.69, 9.17) is 16.3 Å². The van der Waals surface area contributed by atoms with E-state index in [0.717, 1.165) is 49.4 Å². The summed E-state index contributed by atoms with van der Waals surface area (Å²) in [7, 11) is 0. The van der Waals surface area contributed by atoms with Crippen LogP contribution >= 0.6 is 11.6 Å². The summed E-state index contributed by atoms with van der Waals surface area (Å²) < 4.78 is 6.19. The van der Waals surface area contributed by atoms with Gasteiger partial charge in [0.1, 0.15) is 5.75 Å². The Morgan fingerprint density at radius 2 is 1.81 bits per heavy atom. The Morgan fingerprint density at radius 3 is 2.68 bits per heavy atom. The van der Waals surface area contributed by atoms with Gasteiger partial charge in [0.2, 0.25) is 0 Å². The smallest absolute Gasteiger partial charge is 0.325 e. The van der Waals surface area contributed by atoms with Crippen LogP contribution in [0.4, 0.5) is 10.5 Å². The van der Waals surface area contributed by atoms with Crippen LogP contribution in [0.25, 0.3) is 0 Å². The maximum atomic E-state index is 13.9. The van der Waals surface area contributed by atoms with E-state index in [0.29, 0.717) is 23.4 Å². The van der Waals surface area contributed by atoms with Crippen molar-refractivity contribution < 1.29 is 9.53 Å². The summed E-state index contributed by atoms with van der Waals surface area (Å²) in [6, 6.07) is 13.8. The van der Waals surface area contributed by atoms with Gasteiger partial charge in [0.05, 0.1) is 12.2 Å². The summed E-state index contributed by atoms with van der Waals surface area (Å²) in [5.74, 6) is 1.47. The molecule has 1 atom stereocenters. The zero-order chi connectivity index (χ0) is 21.2. The van der Waals surface area contributed by atoms with E-state index in [-0.39, 0.29) is 6.03 Å². The van der Waals surface area contributed by atoms with Gasteiger partial charge in [-0.2, -0.15) is 0 Å². The van der Waals surface area contributed by atoms with Crippen LogP contribution in [0, 0.1) is 0 Å². The molecule has 31 heavy (non-hydrogen) atoms. The molecule has 0 aliphatic carbocycles. The Balaban J connectivity index is 1.42. The Kier molecular flexibility index (Phi) is 6.06. The fraction of sp³-hybridized carbons (Fsp3) is 0.480. The third-order valence-corrected chi connectivity index (χ3v) is 7.05. The molecule has 0 bridgehead atoms. The lowest BCUT2D eigenvalue weighted by Gasteiger charge is -2.39. The zero-order valence-corrected chi connectivity index (χ0v) is 18.7. The highest BCUT2D eigenvalue weighted by Gasteiger charge is 2.34. The molecule has 0 N–H and O–H groups in total. The quantitative estimate of drug-likeness (QED) is 0.596. The van der Waals surface area contributed by atoms with Crippen molar-refractivity contribution in [2.24, 2.45) is 0 Å². The second-order valence-corrected chi connectivity index (χ2v) is 9.31. The number of hydrogen-bond acceptors (Lipinski definition) is 3. The molecule has 3 aliphatic rings. The second kappa shape index (κ2) is 9.09. The minimum absolute atomic E-state index is 0.0648. The van der Waals surface area contributed by atoms with Gasteiger partial charge in [-0.3, -0.25) is 4.90 Å². The van der Waals surface area contributed by atoms with Crippen molar-refractivity contribution >= 4 is 23.3 Å². The highest BCUT2D eigenvalue weighted by atomic mass is 35.5. The lowest BCUT2D eigenvalue weighted by molar-refractivity contribution is 0.144. The van der Waals surface area contributed by atoms with E-state index in [9.17, 15) is 4.79 Å². The van der Waals surface area contributed by atoms with Crippen LogP contribution in [-0.4, -0.2) is 48.1 Å². The summed E-state index contributed by atoms with van der Waals surface area (Å²) in [6.45, 7) is 4.79. The van der Waals surface area contributed by atoms with Crippen molar-refractivity contribution in [3.05, 3.63) is 53.1 Å². The van der Waals surface area contributed by atoms with E-state index in [1.165, 1.54) is 32.4 Å². The van der Waals surface area contributed by atoms with Crippen molar-refractivity contribution in [1.82, 2.24) is 9.80 Å². The maximum absolute atomic E-state index is 13.9. The molecule has 2 fully saturated rings. The van der Waals surface area contributed by atoms with Crippen LogP contribution in [0.3, 0.4) is 0 Å². The highest BCUT2D eigenvalue weighted by molar-refractivity contribution is 6.31. The highest BCUT2D eigenvalue weighted by Crippen LogP contribution is 2.41. The normalized spacial score (nSPS) is 21.3. The van der Waals surface area contributed by atoms with Gasteiger partial charge in [-0.15, -0.1) is 0 Å². The Hall–Kier alpha value is -2.24. The molecule has 0 spiro atoms. The number of urea groups is 1. The number of anilines is 1. The van der Waals surface area contributed by atoms with E-state index < -0.39 is 0 Å². The number of amides is 2. The first-order chi connectivity index (χ1) is 15.2. The number of ether oxygens (including phenoxy) is 1. The fourth-order valence-electron chi connectivity index (χ4n) is 5.11. The van der Waals surface area contributed by atoms with E-state index in [1.54, 1.807) is 0 Å². The lowest BCUT2D eigenvalue weighted by Crippen LogP contribution is -2.51. The minimum Gasteiger partial charge on any atom is -0.455 e. The summed E-state index contributed by atoms with van der Waals surface area (Å²) in [5.41, 5.74) is 1.76. The first-order valence-corrected chi connectivity index (χ1v) is 11.9. The van der Waals surface area contributed by atoms with Crippen LogP contribution in [0.5, 0.6) is 11.5 Å². The van der Waals surface area contributed by atoms with Crippen LogP contribution in [0.2, 0.25) is 5.02 Å². The maximum Gasteiger partial charge on any atom is 0.325 e. The Bertz CT molecular complexity index is 944. The lowest BCUT2D eigenvalue weighted by atomic mass is 9.99. The molecular formula is C25H30ClN3O2. The molecule has 5 nitrogen and oxygen atoms in total. The summed E-state index contributed by atoms with van der Waals surface area (Å²) in [6.07, 6.45) is 7.01. The number of fused-ring (bicyclic) bond motifs is 2. The molecule has 2 aromatic rings. The second-order valence-electron chi connectivity index (χ2n) is 8.87. The number of nitrogens with zero attached hydrogens (tertiary/aromatic N) is 3. The Morgan fingerprint density at radius 1 is 1.00 bits per heavy atom. The number of carbonyl (C=O) groups is 1. The van der Waals surface area contributed by atoms with Crippen molar-refractivity contribution in [3.8, 4) is 11.5 Å². The van der Waals surface area contributed by atoms with Gasteiger partial charge in [-0.25, -0.2) is 4.79 Å². The standard InChI is InChI=1S/C25H30ClN3O2/c26-20-10-11-24-22(17-20)29(18-19-7-1-2-9-23(19)31-24)25(30)28-15-4-3-8-21(28)12-16-27-13-5-6-14-27/h1-2,7,9-11,17,21H,3-6,8,12-16,18H2. The van der Waals surface area contributed by atoms with Crippen molar-refractivity contribution in [1.29, 1.82) is 0 Å². The largest absolute Gasteiger partial charge is 0.455 e. The molecular weight excluding hydrogens is 410 g/mol. The monoisotopic (exact) mass is 439 g/mol. The molecule has 2 saturated heterocycles. The number of halogens is 1. The first-order valence-electron chi connectivity index (χ1n) is 11.5. The molecule has 2 aromatic carbocycles. The third-order valence-electron chi connectivity index (χ3n) is 6.81. The van der Waals surface area contributed by atoms with Crippen molar-refractivity contribution in [2.45, 2.75) is 51.1 Å². The van der Waals surface area contributed by atoms with E-state index in [2.05, 4.69) is 9.80 Å². The minimum atomic E-state index is 0.0648. The van der Waals surface area contributed by atoms with Gasteiger partial charge >= 0.3 is 6.03 Å². The van der Waals surface area contributed by atoms with Crippen molar-refractivity contribution in [3.63, 3.8) is 0 Å². The SMILES string of the molecule is O=C(N1Cc2ccccc2Oc2ccc(Cl)cc21)N1CCCCC1CCN1CCCC1. The molecule has 5 rings (SSSR count). The third kappa shape index (κ3) is 4.39.